The molecular weight excluding hydrogens is 126 g/mol. The van der Waals surface area contributed by atoms with Gasteiger partial charge in [0.15, 0.2) is 0 Å². The molecule has 0 aliphatic carbocycles. The van der Waals surface area contributed by atoms with Crippen LogP contribution in [0.4, 0.5) is 0 Å². The van der Waals surface area contributed by atoms with Crippen LogP contribution >= 0.6 is 0 Å². The molecule has 2 aliphatic rings. The molecule has 2 nitrogen and oxygen atoms in total. The first-order valence-electron chi connectivity index (χ1n) is 4.18. The van der Waals surface area contributed by atoms with Gasteiger partial charge in [0, 0.05) is 6.04 Å². The Hall–Kier alpha value is -0.0800. The molecule has 0 aromatic heterocycles. The first-order chi connectivity index (χ1) is 4.81. The van der Waals surface area contributed by atoms with Gasteiger partial charge < -0.3 is 10.1 Å². The van der Waals surface area contributed by atoms with Crippen LogP contribution < -0.4 is 5.32 Å². The van der Waals surface area contributed by atoms with Gasteiger partial charge in [0.25, 0.3) is 0 Å². The van der Waals surface area contributed by atoms with Crippen molar-refractivity contribution in [2.45, 2.75) is 37.8 Å². The summed E-state index contributed by atoms with van der Waals surface area (Å²) >= 11 is 0. The molecule has 0 amide bonds. The topological polar surface area (TPSA) is 21.3 Å². The van der Waals surface area contributed by atoms with Crippen molar-refractivity contribution < 1.29 is 4.74 Å². The molecule has 1 unspecified atom stereocenters. The maximum Gasteiger partial charge on any atom is 0.0731 e. The molecule has 0 saturated carbocycles. The van der Waals surface area contributed by atoms with Gasteiger partial charge in [-0.15, -0.1) is 0 Å². The first-order valence-corrected chi connectivity index (χ1v) is 4.18. The second kappa shape index (κ2) is 2.21. The molecular formula is C8H15NO. The van der Waals surface area contributed by atoms with Crippen LogP contribution in [0, 0.1) is 0 Å². The quantitative estimate of drug-likeness (QED) is 0.541. The number of nitrogens with one attached hydrogen (secondary N) is 1. The number of hydrogen-bond donors (Lipinski definition) is 1. The lowest BCUT2D eigenvalue weighted by Crippen LogP contribution is -2.54. The second-order valence-electron chi connectivity index (χ2n) is 3.59. The fraction of sp³-hybridized carbons (Fsp3) is 1.00. The van der Waals surface area contributed by atoms with Crippen molar-refractivity contribution in [3.63, 3.8) is 0 Å². The van der Waals surface area contributed by atoms with Gasteiger partial charge in [0.2, 0.25) is 0 Å². The molecule has 0 radical (unpaired) electrons. The Bertz CT molecular complexity index is 131. The Balaban J connectivity index is 1.96. The predicted octanol–water partition coefficient (Wildman–Crippen LogP) is 0.917. The summed E-state index contributed by atoms with van der Waals surface area (Å²) in [6.07, 6.45) is 3.73. The number of hydrogen-bond acceptors (Lipinski definition) is 2. The number of ether oxygens (including phenoxy) is 1. The smallest absolute Gasteiger partial charge is 0.0731 e. The van der Waals surface area contributed by atoms with E-state index in [1.54, 1.807) is 0 Å². The fourth-order valence-electron chi connectivity index (χ4n) is 2.03. The summed E-state index contributed by atoms with van der Waals surface area (Å²) in [4.78, 5) is 0. The highest BCUT2D eigenvalue weighted by molar-refractivity contribution is 4.94. The summed E-state index contributed by atoms with van der Waals surface area (Å²) in [5.41, 5.74) is 0.310. The van der Waals surface area contributed by atoms with E-state index in [0.29, 0.717) is 11.6 Å². The van der Waals surface area contributed by atoms with Crippen LogP contribution in [-0.4, -0.2) is 24.8 Å². The molecule has 1 spiro atoms. The molecule has 2 heteroatoms. The molecule has 2 rings (SSSR count). The van der Waals surface area contributed by atoms with Gasteiger partial charge in [-0.3, -0.25) is 0 Å². The van der Waals surface area contributed by atoms with Gasteiger partial charge >= 0.3 is 0 Å². The Morgan fingerprint density at radius 2 is 2.30 bits per heavy atom. The summed E-state index contributed by atoms with van der Waals surface area (Å²) in [6.45, 7) is 4.37. The van der Waals surface area contributed by atoms with Crippen LogP contribution in [0.1, 0.15) is 26.2 Å². The van der Waals surface area contributed by atoms with Gasteiger partial charge in [0.1, 0.15) is 0 Å². The number of rotatable bonds is 0. The van der Waals surface area contributed by atoms with Crippen LogP contribution in [0.3, 0.4) is 0 Å². The van der Waals surface area contributed by atoms with Crippen molar-refractivity contribution in [3.05, 3.63) is 0 Å². The molecule has 10 heavy (non-hydrogen) atoms. The van der Waals surface area contributed by atoms with E-state index in [0.717, 1.165) is 13.2 Å². The average Bonchev–Trinajstić information content (AvgIpc) is 1.85. The highest BCUT2D eigenvalue weighted by Gasteiger charge is 2.41. The average molecular weight is 141 g/mol. The minimum atomic E-state index is 0.310. The lowest BCUT2D eigenvalue weighted by atomic mass is 9.82. The Labute approximate surface area is 61.9 Å². The van der Waals surface area contributed by atoms with Crippen LogP contribution in [0.2, 0.25) is 0 Å². The van der Waals surface area contributed by atoms with Crippen LogP contribution in [0.15, 0.2) is 0 Å². The Morgan fingerprint density at radius 3 is 2.70 bits per heavy atom. The number of piperidine rings is 1. The summed E-state index contributed by atoms with van der Waals surface area (Å²) in [5, 5.41) is 3.43. The van der Waals surface area contributed by atoms with Gasteiger partial charge in [-0.25, -0.2) is 0 Å². The maximum absolute atomic E-state index is 5.59. The van der Waals surface area contributed by atoms with E-state index in [2.05, 4.69) is 12.2 Å². The minimum absolute atomic E-state index is 0.310. The third kappa shape index (κ3) is 0.956. The monoisotopic (exact) mass is 141 g/mol. The second-order valence-corrected chi connectivity index (χ2v) is 3.59. The van der Waals surface area contributed by atoms with Crippen LogP contribution in [-0.2, 0) is 4.74 Å². The molecule has 2 heterocycles. The van der Waals surface area contributed by atoms with Crippen molar-refractivity contribution in [1.29, 1.82) is 0 Å². The van der Waals surface area contributed by atoms with Gasteiger partial charge in [-0.05, 0) is 32.7 Å². The van der Waals surface area contributed by atoms with Gasteiger partial charge in [-0.1, -0.05) is 0 Å². The highest BCUT2D eigenvalue weighted by atomic mass is 16.5. The third-order valence-electron chi connectivity index (χ3n) is 2.72. The standard InChI is InChI=1S/C8H15NO/c1-7-6-8(2-4-9-7)3-5-10-8/h7,9H,2-6H2,1H3/t7?,8-/m1/s1. The van der Waals surface area contributed by atoms with E-state index in [-0.39, 0.29) is 0 Å². The molecule has 0 bridgehead atoms. The normalized spacial score (nSPS) is 47.1. The molecule has 2 fully saturated rings. The third-order valence-corrected chi connectivity index (χ3v) is 2.72. The van der Waals surface area contributed by atoms with E-state index in [1.165, 1.54) is 19.3 Å². The first kappa shape index (κ1) is 6.62. The van der Waals surface area contributed by atoms with Gasteiger partial charge in [0.05, 0.1) is 12.2 Å². The Kier molecular flexibility index (Phi) is 1.46. The van der Waals surface area contributed by atoms with Crippen LogP contribution in [0.5, 0.6) is 0 Å². The molecule has 0 aromatic carbocycles. The molecule has 2 atom stereocenters. The van der Waals surface area contributed by atoms with E-state index in [4.69, 9.17) is 4.74 Å². The largest absolute Gasteiger partial charge is 0.375 e. The highest BCUT2D eigenvalue weighted by Crippen LogP contribution is 2.36. The zero-order chi connectivity index (χ0) is 7.03. The summed E-state index contributed by atoms with van der Waals surface area (Å²) in [7, 11) is 0. The van der Waals surface area contributed by atoms with Gasteiger partial charge in [-0.2, -0.15) is 0 Å². The molecule has 2 saturated heterocycles. The van der Waals surface area contributed by atoms with Crippen molar-refractivity contribution in [2.24, 2.45) is 0 Å². The van der Waals surface area contributed by atoms with E-state index in [1.807, 2.05) is 0 Å². The summed E-state index contributed by atoms with van der Waals surface area (Å²) < 4.78 is 5.59. The van der Waals surface area contributed by atoms with E-state index in [9.17, 15) is 0 Å². The van der Waals surface area contributed by atoms with Crippen molar-refractivity contribution in [1.82, 2.24) is 5.32 Å². The van der Waals surface area contributed by atoms with Crippen LogP contribution in [0.25, 0.3) is 0 Å². The van der Waals surface area contributed by atoms with E-state index >= 15 is 0 Å². The Morgan fingerprint density at radius 1 is 1.50 bits per heavy atom. The molecule has 2 aliphatic heterocycles. The SMILES string of the molecule is CC1C[C@@]2(CCN1)CCO2. The zero-order valence-electron chi connectivity index (χ0n) is 6.52. The minimum Gasteiger partial charge on any atom is -0.375 e. The molecule has 1 N–H and O–H groups in total. The van der Waals surface area contributed by atoms with Crippen molar-refractivity contribution >= 4 is 0 Å². The molecule has 0 aromatic rings. The van der Waals surface area contributed by atoms with E-state index < -0.39 is 0 Å². The molecule has 58 valence electrons. The predicted molar refractivity (Wildman–Crippen MR) is 40.0 cm³/mol. The summed E-state index contributed by atoms with van der Waals surface area (Å²) in [6, 6.07) is 0.661. The lowest BCUT2D eigenvalue weighted by Gasteiger charge is -2.47. The van der Waals surface area contributed by atoms with Crippen molar-refractivity contribution in [2.75, 3.05) is 13.2 Å². The van der Waals surface area contributed by atoms with Crippen molar-refractivity contribution in [3.8, 4) is 0 Å². The maximum atomic E-state index is 5.59. The zero-order valence-corrected chi connectivity index (χ0v) is 6.52. The summed E-state index contributed by atoms with van der Waals surface area (Å²) in [5.74, 6) is 0. The fourth-order valence-corrected chi connectivity index (χ4v) is 2.03. The lowest BCUT2D eigenvalue weighted by molar-refractivity contribution is -0.166.